The first-order valence-electron chi connectivity index (χ1n) is 11.4. The summed E-state index contributed by atoms with van der Waals surface area (Å²) in [6, 6.07) is 14.4. The summed E-state index contributed by atoms with van der Waals surface area (Å²) in [7, 11) is 0. The molecule has 2 fully saturated rings. The van der Waals surface area contributed by atoms with Crippen molar-refractivity contribution in [3.05, 3.63) is 69.7 Å². The van der Waals surface area contributed by atoms with Gasteiger partial charge in [-0.25, -0.2) is 0 Å². The summed E-state index contributed by atoms with van der Waals surface area (Å²) in [5, 5.41) is 21.1. The van der Waals surface area contributed by atoms with Crippen LogP contribution in [0.25, 0.3) is 0 Å². The number of carboxylic acids is 1. The van der Waals surface area contributed by atoms with Crippen LogP contribution in [0.1, 0.15) is 56.2 Å². The molecule has 4 rings (SSSR count). The minimum absolute atomic E-state index is 0.0876. The predicted octanol–water partition coefficient (Wildman–Crippen LogP) is 5.55. The first-order chi connectivity index (χ1) is 15.7. The van der Waals surface area contributed by atoms with E-state index in [1.807, 2.05) is 67.3 Å². The molecule has 1 saturated carbocycles. The molecule has 0 radical (unpaired) electrons. The summed E-state index contributed by atoms with van der Waals surface area (Å²) < 4.78 is 0. The minimum atomic E-state index is -0.853. The van der Waals surface area contributed by atoms with Crippen molar-refractivity contribution in [1.29, 1.82) is 0 Å². The Bertz CT molecular complexity index is 1040. The zero-order valence-corrected chi connectivity index (χ0v) is 20.3. The SMILES string of the molecule is CCC(CO)N1C(=O)C(C)(C2CC2C(=O)O)CC(c2cccc(Cl)c2)C1c1ccc(Cl)cc1. The normalized spacial score (nSPS) is 30.2. The number of hydrogen-bond acceptors (Lipinski definition) is 3. The Morgan fingerprint density at radius 3 is 2.39 bits per heavy atom. The highest BCUT2D eigenvalue weighted by Gasteiger charge is 2.62. The van der Waals surface area contributed by atoms with Crippen molar-refractivity contribution >= 4 is 35.1 Å². The summed E-state index contributed by atoms with van der Waals surface area (Å²) in [4.78, 5) is 27.6. The van der Waals surface area contributed by atoms with Crippen molar-refractivity contribution in [3.8, 4) is 0 Å². The molecular formula is C26H29Cl2NO4. The van der Waals surface area contributed by atoms with Crippen LogP contribution in [0.5, 0.6) is 0 Å². The van der Waals surface area contributed by atoms with Gasteiger partial charge in [-0.2, -0.15) is 0 Å². The van der Waals surface area contributed by atoms with Crippen molar-refractivity contribution in [2.75, 3.05) is 6.61 Å². The molecule has 0 bridgehead atoms. The number of amides is 1. The van der Waals surface area contributed by atoms with E-state index in [1.165, 1.54) is 0 Å². The summed E-state index contributed by atoms with van der Waals surface area (Å²) in [5.41, 5.74) is 1.07. The van der Waals surface area contributed by atoms with Crippen molar-refractivity contribution < 1.29 is 19.8 Å². The van der Waals surface area contributed by atoms with Crippen molar-refractivity contribution in [2.24, 2.45) is 17.3 Å². The molecule has 2 aromatic rings. The second kappa shape index (κ2) is 9.28. The zero-order valence-electron chi connectivity index (χ0n) is 18.7. The molecule has 0 spiro atoms. The van der Waals surface area contributed by atoms with Crippen LogP contribution < -0.4 is 0 Å². The Morgan fingerprint density at radius 1 is 1.15 bits per heavy atom. The summed E-state index contributed by atoms with van der Waals surface area (Å²) >= 11 is 12.5. The van der Waals surface area contributed by atoms with E-state index in [4.69, 9.17) is 23.2 Å². The third kappa shape index (κ3) is 4.39. The van der Waals surface area contributed by atoms with E-state index >= 15 is 0 Å². The Hall–Kier alpha value is -2.08. The summed E-state index contributed by atoms with van der Waals surface area (Å²) in [6.45, 7) is 3.68. The summed E-state index contributed by atoms with van der Waals surface area (Å²) in [6.07, 6.45) is 1.58. The number of likely N-dealkylation sites (tertiary alicyclic amines) is 1. The van der Waals surface area contributed by atoms with Gasteiger partial charge in [-0.3, -0.25) is 9.59 Å². The lowest BCUT2D eigenvalue weighted by molar-refractivity contribution is -0.158. The molecule has 2 N–H and O–H groups in total. The number of carbonyl (C=O) groups excluding carboxylic acids is 1. The monoisotopic (exact) mass is 489 g/mol. The predicted molar refractivity (Wildman–Crippen MR) is 128 cm³/mol. The lowest BCUT2D eigenvalue weighted by Gasteiger charge is -2.52. The van der Waals surface area contributed by atoms with E-state index in [9.17, 15) is 19.8 Å². The molecule has 2 aliphatic rings. The standard InChI is InChI=1S/C26H29Cl2NO4/c1-3-19(14-30)29-23(15-7-9-17(27)10-8-15)21(16-5-4-6-18(28)11-16)13-26(2,25(29)33)22-12-20(22)24(31)32/h4-11,19-23,30H,3,12-14H2,1-2H3,(H,31,32). The molecule has 1 amide bonds. The highest BCUT2D eigenvalue weighted by Crippen LogP contribution is 2.61. The first-order valence-corrected chi connectivity index (χ1v) is 12.1. The minimum Gasteiger partial charge on any atom is -0.481 e. The Morgan fingerprint density at radius 2 is 1.85 bits per heavy atom. The number of hydrogen-bond donors (Lipinski definition) is 2. The number of halogens is 2. The quantitative estimate of drug-likeness (QED) is 0.534. The van der Waals surface area contributed by atoms with Gasteiger partial charge in [0.25, 0.3) is 0 Å². The van der Waals surface area contributed by atoms with Gasteiger partial charge in [0, 0.05) is 16.0 Å². The molecule has 2 aromatic carbocycles. The number of aliphatic hydroxyl groups excluding tert-OH is 1. The fourth-order valence-electron chi connectivity index (χ4n) is 5.65. The number of carbonyl (C=O) groups is 2. The van der Waals surface area contributed by atoms with Crippen molar-refractivity contribution in [1.82, 2.24) is 4.90 Å². The molecule has 0 aromatic heterocycles. The molecule has 33 heavy (non-hydrogen) atoms. The van der Waals surface area contributed by atoms with Gasteiger partial charge in [-0.1, -0.05) is 61.3 Å². The van der Waals surface area contributed by atoms with Crippen LogP contribution in [0.15, 0.2) is 48.5 Å². The van der Waals surface area contributed by atoms with Crippen LogP contribution in [-0.4, -0.2) is 39.6 Å². The molecule has 7 heteroatoms. The van der Waals surface area contributed by atoms with E-state index in [0.717, 1.165) is 11.1 Å². The molecule has 1 aliphatic carbocycles. The lowest BCUT2D eigenvalue weighted by atomic mass is 9.65. The van der Waals surface area contributed by atoms with Crippen LogP contribution in [0, 0.1) is 17.3 Å². The van der Waals surface area contributed by atoms with E-state index < -0.39 is 17.3 Å². The third-order valence-electron chi connectivity index (χ3n) is 7.54. The zero-order chi connectivity index (χ0) is 23.9. The average molecular weight is 490 g/mol. The number of nitrogens with zero attached hydrogens (tertiary/aromatic N) is 1. The first kappa shape index (κ1) is 24.1. The Labute approximate surface area is 204 Å². The van der Waals surface area contributed by atoms with Gasteiger partial charge in [0.1, 0.15) is 0 Å². The van der Waals surface area contributed by atoms with Gasteiger partial charge in [0.15, 0.2) is 0 Å². The molecule has 1 heterocycles. The van der Waals surface area contributed by atoms with Crippen LogP contribution in [0.4, 0.5) is 0 Å². The largest absolute Gasteiger partial charge is 0.481 e. The number of carboxylic acid groups (broad SMARTS) is 1. The topological polar surface area (TPSA) is 77.8 Å². The second-order valence-electron chi connectivity index (χ2n) is 9.52. The molecule has 5 nitrogen and oxygen atoms in total. The van der Waals surface area contributed by atoms with Gasteiger partial charge < -0.3 is 15.1 Å². The number of rotatable bonds is 7. The number of piperidine rings is 1. The summed E-state index contributed by atoms with van der Waals surface area (Å²) in [5.74, 6) is -1.80. The molecule has 6 atom stereocenters. The Kier molecular flexibility index (Phi) is 6.77. The van der Waals surface area contributed by atoms with E-state index in [1.54, 1.807) is 0 Å². The maximum atomic E-state index is 14.1. The fraction of sp³-hybridized carbons (Fsp3) is 0.462. The maximum Gasteiger partial charge on any atom is 0.306 e. The van der Waals surface area contributed by atoms with E-state index in [2.05, 4.69) is 0 Å². The number of aliphatic hydroxyl groups is 1. The third-order valence-corrected chi connectivity index (χ3v) is 8.02. The van der Waals surface area contributed by atoms with Gasteiger partial charge in [0.05, 0.1) is 30.0 Å². The van der Waals surface area contributed by atoms with Gasteiger partial charge in [-0.15, -0.1) is 0 Å². The fourth-order valence-corrected chi connectivity index (χ4v) is 5.97. The van der Waals surface area contributed by atoms with Gasteiger partial charge >= 0.3 is 5.97 Å². The van der Waals surface area contributed by atoms with Crippen LogP contribution >= 0.6 is 23.2 Å². The highest BCUT2D eigenvalue weighted by atomic mass is 35.5. The highest BCUT2D eigenvalue weighted by molar-refractivity contribution is 6.30. The Balaban J connectivity index is 1.88. The molecule has 176 valence electrons. The average Bonchev–Trinajstić information content (AvgIpc) is 3.60. The van der Waals surface area contributed by atoms with E-state index in [0.29, 0.717) is 29.3 Å². The van der Waals surface area contributed by atoms with Gasteiger partial charge in [0.2, 0.25) is 5.91 Å². The molecule has 1 saturated heterocycles. The smallest absolute Gasteiger partial charge is 0.306 e. The molecule has 6 unspecified atom stereocenters. The number of benzene rings is 2. The van der Waals surface area contributed by atoms with Crippen molar-refractivity contribution in [3.63, 3.8) is 0 Å². The molecule has 1 aliphatic heterocycles. The van der Waals surface area contributed by atoms with Crippen molar-refractivity contribution in [2.45, 2.75) is 51.1 Å². The van der Waals surface area contributed by atoms with E-state index in [-0.39, 0.29) is 36.4 Å². The van der Waals surface area contributed by atoms with Gasteiger partial charge in [-0.05, 0) is 60.6 Å². The number of aliphatic carboxylic acids is 1. The lowest BCUT2D eigenvalue weighted by Crippen LogP contribution is -2.57. The van der Waals surface area contributed by atoms with Crippen LogP contribution in [0.2, 0.25) is 10.0 Å². The second-order valence-corrected chi connectivity index (χ2v) is 10.4. The maximum absolute atomic E-state index is 14.1. The molecular weight excluding hydrogens is 461 g/mol. The van der Waals surface area contributed by atoms with Crippen LogP contribution in [0.3, 0.4) is 0 Å². The van der Waals surface area contributed by atoms with Crippen LogP contribution in [-0.2, 0) is 9.59 Å².